The van der Waals surface area contributed by atoms with Crippen LogP contribution in [-0.2, 0) is 14.3 Å². The average molecular weight is 264 g/mol. The summed E-state index contributed by atoms with van der Waals surface area (Å²) in [7, 11) is 0. The number of cyclic esters (lactones) is 1. The van der Waals surface area contributed by atoms with Crippen LogP contribution in [0.5, 0.6) is 0 Å². The predicted molar refractivity (Wildman–Crippen MR) is 65.4 cm³/mol. The maximum Gasteiger partial charge on any atom is 0.318 e. The molecule has 2 atom stereocenters. The summed E-state index contributed by atoms with van der Waals surface area (Å²) in [5.74, 6) is -1.81. The summed E-state index contributed by atoms with van der Waals surface area (Å²) >= 11 is 0. The average Bonchev–Trinajstić information content (AvgIpc) is 2.69. The fourth-order valence-corrected chi connectivity index (χ4v) is 1.87. The Morgan fingerprint density at radius 3 is 2.53 bits per heavy atom. The van der Waals surface area contributed by atoms with Crippen LogP contribution in [0.4, 0.5) is 11.4 Å². The molecule has 1 saturated heterocycles. The fraction of sp³-hybridized carbons (Fsp3) is 0.333. The van der Waals surface area contributed by atoms with Gasteiger partial charge in [-0.15, -0.1) is 0 Å². The number of anilines is 1. The van der Waals surface area contributed by atoms with E-state index in [9.17, 15) is 19.7 Å². The van der Waals surface area contributed by atoms with E-state index in [1.807, 2.05) is 0 Å². The van der Waals surface area contributed by atoms with Gasteiger partial charge < -0.3 is 10.1 Å². The van der Waals surface area contributed by atoms with Gasteiger partial charge in [0.1, 0.15) is 12.0 Å². The topological polar surface area (TPSA) is 98.5 Å². The largest absolute Gasteiger partial charge is 0.462 e. The van der Waals surface area contributed by atoms with Gasteiger partial charge in [-0.25, -0.2) is 0 Å². The summed E-state index contributed by atoms with van der Waals surface area (Å²) in [5, 5.41) is 13.0. The predicted octanol–water partition coefficient (Wildman–Crippen LogP) is 1.48. The number of ether oxygens (including phenoxy) is 1. The molecule has 7 nitrogen and oxygen atoms in total. The van der Waals surface area contributed by atoms with Gasteiger partial charge in [0.2, 0.25) is 5.91 Å². The van der Waals surface area contributed by atoms with Gasteiger partial charge in [-0.2, -0.15) is 0 Å². The second-order valence-electron chi connectivity index (χ2n) is 4.33. The lowest BCUT2D eigenvalue weighted by Crippen LogP contribution is -2.26. The molecule has 2 unspecified atom stereocenters. The highest BCUT2D eigenvalue weighted by Crippen LogP contribution is 2.23. The first-order chi connectivity index (χ1) is 8.97. The summed E-state index contributed by atoms with van der Waals surface area (Å²) in [6.07, 6.45) is 0.0811. The van der Waals surface area contributed by atoms with Crippen LogP contribution in [-0.4, -0.2) is 22.9 Å². The number of rotatable bonds is 3. The van der Waals surface area contributed by atoms with Crippen molar-refractivity contribution in [3.63, 3.8) is 0 Å². The van der Waals surface area contributed by atoms with Crippen LogP contribution >= 0.6 is 0 Å². The maximum absolute atomic E-state index is 11.8. The minimum atomic E-state index is -0.815. The van der Waals surface area contributed by atoms with Crippen molar-refractivity contribution in [1.82, 2.24) is 0 Å². The third kappa shape index (κ3) is 2.87. The van der Waals surface area contributed by atoms with Crippen molar-refractivity contribution >= 4 is 23.3 Å². The van der Waals surface area contributed by atoms with Crippen LogP contribution in [0.2, 0.25) is 0 Å². The second kappa shape index (κ2) is 5.05. The minimum Gasteiger partial charge on any atom is -0.462 e. The Morgan fingerprint density at radius 2 is 2.05 bits per heavy atom. The summed E-state index contributed by atoms with van der Waals surface area (Å²) in [4.78, 5) is 33.2. The molecule has 2 rings (SSSR count). The molecular formula is C12H12N2O5. The van der Waals surface area contributed by atoms with Gasteiger partial charge in [0.05, 0.1) is 4.92 Å². The van der Waals surface area contributed by atoms with Crippen molar-refractivity contribution in [1.29, 1.82) is 0 Å². The van der Waals surface area contributed by atoms with E-state index in [0.29, 0.717) is 12.1 Å². The fourth-order valence-electron chi connectivity index (χ4n) is 1.87. The van der Waals surface area contributed by atoms with Crippen molar-refractivity contribution in [3.8, 4) is 0 Å². The number of nitrogens with zero attached hydrogens (tertiary/aromatic N) is 1. The smallest absolute Gasteiger partial charge is 0.318 e. The molecule has 19 heavy (non-hydrogen) atoms. The Labute approximate surface area is 108 Å². The van der Waals surface area contributed by atoms with Gasteiger partial charge >= 0.3 is 5.97 Å². The molecule has 0 aliphatic carbocycles. The zero-order valence-corrected chi connectivity index (χ0v) is 10.2. The number of carbonyl (C=O) groups is 2. The van der Waals surface area contributed by atoms with E-state index in [-0.39, 0.29) is 11.8 Å². The number of amides is 1. The highest BCUT2D eigenvalue weighted by Gasteiger charge is 2.37. The first-order valence-corrected chi connectivity index (χ1v) is 5.73. The quantitative estimate of drug-likeness (QED) is 0.386. The standard InChI is InChI=1S/C12H12N2O5/c1-7-6-10(12(16)19-7)11(15)13-8-2-4-9(5-3-8)14(17)18/h2-5,7,10H,6H2,1H3,(H,13,15). The van der Waals surface area contributed by atoms with E-state index in [4.69, 9.17) is 4.74 Å². The molecule has 1 fully saturated rings. The van der Waals surface area contributed by atoms with E-state index in [1.54, 1.807) is 6.92 Å². The molecule has 0 aromatic heterocycles. The number of benzene rings is 1. The van der Waals surface area contributed by atoms with Crippen molar-refractivity contribution in [3.05, 3.63) is 34.4 Å². The van der Waals surface area contributed by atoms with Crippen LogP contribution in [0.15, 0.2) is 24.3 Å². The van der Waals surface area contributed by atoms with Gasteiger partial charge in [0.15, 0.2) is 0 Å². The van der Waals surface area contributed by atoms with Crippen LogP contribution < -0.4 is 5.32 Å². The molecule has 1 aliphatic rings. The van der Waals surface area contributed by atoms with Crippen LogP contribution in [0.25, 0.3) is 0 Å². The van der Waals surface area contributed by atoms with Crippen molar-refractivity contribution in [2.24, 2.45) is 5.92 Å². The Bertz CT molecular complexity index is 525. The van der Waals surface area contributed by atoms with E-state index in [1.165, 1.54) is 24.3 Å². The molecule has 0 bridgehead atoms. The molecular weight excluding hydrogens is 252 g/mol. The molecule has 0 radical (unpaired) electrons. The van der Waals surface area contributed by atoms with Crippen molar-refractivity contribution in [2.45, 2.75) is 19.4 Å². The minimum absolute atomic E-state index is 0.0631. The third-order valence-electron chi connectivity index (χ3n) is 2.83. The van der Waals surface area contributed by atoms with Gasteiger partial charge in [-0.05, 0) is 19.1 Å². The lowest BCUT2D eigenvalue weighted by molar-refractivity contribution is -0.384. The number of nitro benzene ring substituents is 1. The Hall–Kier alpha value is -2.44. The number of hydrogen-bond donors (Lipinski definition) is 1. The number of carbonyl (C=O) groups excluding carboxylic acids is 2. The molecule has 1 aromatic carbocycles. The Kier molecular flexibility index (Phi) is 3.46. The number of nitrogens with one attached hydrogen (secondary N) is 1. The molecule has 1 aliphatic heterocycles. The van der Waals surface area contributed by atoms with E-state index < -0.39 is 22.7 Å². The molecule has 1 aromatic rings. The number of esters is 1. The van der Waals surface area contributed by atoms with Crippen molar-refractivity contribution < 1.29 is 19.2 Å². The number of hydrogen-bond acceptors (Lipinski definition) is 5. The van der Waals surface area contributed by atoms with Crippen molar-refractivity contribution in [2.75, 3.05) is 5.32 Å². The van der Waals surface area contributed by atoms with Gasteiger partial charge in [-0.1, -0.05) is 0 Å². The first-order valence-electron chi connectivity index (χ1n) is 5.73. The SMILES string of the molecule is CC1CC(C(=O)Nc2ccc([N+](=O)[O-])cc2)C(=O)O1. The first kappa shape index (κ1) is 13.0. The number of nitro groups is 1. The summed E-state index contributed by atoms with van der Waals surface area (Å²) in [6, 6.07) is 5.40. The highest BCUT2D eigenvalue weighted by molar-refractivity contribution is 6.05. The monoisotopic (exact) mass is 264 g/mol. The van der Waals surface area contributed by atoms with Gasteiger partial charge in [0, 0.05) is 24.2 Å². The summed E-state index contributed by atoms with van der Waals surface area (Å²) in [6.45, 7) is 1.72. The zero-order chi connectivity index (χ0) is 14.0. The third-order valence-corrected chi connectivity index (χ3v) is 2.83. The molecule has 1 N–H and O–H groups in total. The molecule has 0 saturated carbocycles. The Balaban J connectivity index is 2.03. The second-order valence-corrected chi connectivity index (χ2v) is 4.33. The normalized spacial score (nSPS) is 21.8. The molecule has 7 heteroatoms. The molecule has 0 spiro atoms. The molecule has 1 amide bonds. The van der Waals surface area contributed by atoms with Gasteiger partial charge in [-0.3, -0.25) is 19.7 Å². The van der Waals surface area contributed by atoms with E-state index >= 15 is 0 Å². The Morgan fingerprint density at radius 1 is 1.42 bits per heavy atom. The highest BCUT2D eigenvalue weighted by atomic mass is 16.6. The lowest BCUT2D eigenvalue weighted by atomic mass is 10.0. The van der Waals surface area contributed by atoms with E-state index in [0.717, 1.165) is 0 Å². The van der Waals surface area contributed by atoms with E-state index in [2.05, 4.69) is 5.32 Å². The zero-order valence-electron chi connectivity index (χ0n) is 10.2. The maximum atomic E-state index is 11.8. The summed E-state index contributed by atoms with van der Waals surface area (Å²) in [5.41, 5.74) is 0.342. The summed E-state index contributed by atoms with van der Waals surface area (Å²) < 4.78 is 4.89. The number of non-ortho nitro benzene ring substituents is 1. The molecule has 100 valence electrons. The lowest BCUT2D eigenvalue weighted by Gasteiger charge is -2.07. The van der Waals surface area contributed by atoms with Crippen LogP contribution in [0.3, 0.4) is 0 Å². The van der Waals surface area contributed by atoms with Crippen LogP contribution in [0, 0.1) is 16.0 Å². The van der Waals surface area contributed by atoms with Crippen LogP contribution in [0.1, 0.15) is 13.3 Å². The van der Waals surface area contributed by atoms with Gasteiger partial charge in [0.25, 0.3) is 5.69 Å². The molecule has 1 heterocycles.